The fourth-order valence-corrected chi connectivity index (χ4v) is 2.10. The van der Waals surface area contributed by atoms with Crippen LogP contribution >= 0.6 is 22.6 Å². The fraction of sp³-hybridized carbons (Fsp3) is 0.250. The Labute approximate surface area is 107 Å². The molecule has 0 aromatic carbocycles. The SMILES string of the molecule is COC(=O)CS(=O)(=O)Nc1ccc(I)cn1. The van der Waals surface area contributed by atoms with Gasteiger partial charge in [0.05, 0.1) is 7.11 Å². The molecule has 0 bridgehead atoms. The summed E-state index contributed by atoms with van der Waals surface area (Å²) in [7, 11) is -2.62. The minimum Gasteiger partial charge on any atom is -0.468 e. The number of aromatic nitrogens is 1. The molecule has 8 heteroatoms. The molecule has 0 aliphatic rings. The monoisotopic (exact) mass is 356 g/mol. The molecule has 0 radical (unpaired) electrons. The van der Waals surface area contributed by atoms with Gasteiger partial charge in [-0.05, 0) is 34.7 Å². The van der Waals surface area contributed by atoms with Crippen molar-refractivity contribution in [2.24, 2.45) is 0 Å². The lowest BCUT2D eigenvalue weighted by atomic mass is 10.5. The van der Waals surface area contributed by atoms with Crippen LogP contribution in [-0.2, 0) is 19.6 Å². The van der Waals surface area contributed by atoms with Gasteiger partial charge in [-0.3, -0.25) is 9.52 Å². The van der Waals surface area contributed by atoms with Crippen LogP contribution in [0.3, 0.4) is 0 Å². The molecule has 0 aliphatic carbocycles. The molecule has 0 amide bonds. The number of hydrogen-bond acceptors (Lipinski definition) is 5. The minimum absolute atomic E-state index is 0.171. The summed E-state index contributed by atoms with van der Waals surface area (Å²) in [5.41, 5.74) is 0. The number of methoxy groups -OCH3 is 1. The van der Waals surface area contributed by atoms with Gasteiger partial charge in [-0.2, -0.15) is 0 Å². The van der Waals surface area contributed by atoms with Gasteiger partial charge in [0, 0.05) is 9.77 Å². The molecule has 1 aromatic heterocycles. The summed E-state index contributed by atoms with van der Waals surface area (Å²) in [5, 5.41) is 0. The lowest BCUT2D eigenvalue weighted by molar-refractivity contribution is -0.137. The molecular formula is C8H9IN2O4S. The zero-order valence-electron chi connectivity index (χ0n) is 8.31. The molecule has 0 aliphatic heterocycles. The van der Waals surface area contributed by atoms with Crippen molar-refractivity contribution in [2.75, 3.05) is 17.6 Å². The Kier molecular flexibility index (Phi) is 4.47. The number of nitrogens with zero attached hydrogens (tertiary/aromatic N) is 1. The van der Waals surface area contributed by atoms with Crippen LogP contribution in [0, 0.1) is 3.57 Å². The van der Waals surface area contributed by atoms with Crippen LogP contribution in [0.4, 0.5) is 5.82 Å². The first-order valence-corrected chi connectivity index (χ1v) is 6.85. The van der Waals surface area contributed by atoms with E-state index in [2.05, 4.69) is 14.4 Å². The maximum atomic E-state index is 11.4. The van der Waals surface area contributed by atoms with Crippen LogP contribution in [0.25, 0.3) is 0 Å². The number of sulfonamides is 1. The smallest absolute Gasteiger partial charge is 0.322 e. The molecule has 6 nitrogen and oxygen atoms in total. The largest absolute Gasteiger partial charge is 0.468 e. The van der Waals surface area contributed by atoms with Crippen molar-refractivity contribution in [3.05, 3.63) is 21.9 Å². The number of ether oxygens (including phenoxy) is 1. The van der Waals surface area contributed by atoms with E-state index in [1.165, 1.54) is 12.3 Å². The van der Waals surface area contributed by atoms with Gasteiger partial charge in [0.1, 0.15) is 5.82 Å². The van der Waals surface area contributed by atoms with Crippen LogP contribution in [0.1, 0.15) is 0 Å². The third kappa shape index (κ3) is 4.31. The topological polar surface area (TPSA) is 85.4 Å². The van der Waals surface area contributed by atoms with E-state index in [-0.39, 0.29) is 5.82 Å². The van der Waals surface area contributed by atoms with Crippen molar-refractivity contribution in [1.29, 1.82) is 0 Å². The summed E-state index contributed by atoms with van der Waals surface area (Å²) in [4.78, 5) is 14.7. The van der Waals surface area contributed by atoms with E-state index in [9.17, 15) is 13.2 Å². The second-order valence-electron chi connectivity index (χ2n) is 2.80. The number of rotatable bonds is 4. The highest BCUT2D eigenvalue weighted by Crippen LogP contribution is 2.08. The Morgan fingerprint density at radius 2 is 2.25 bits per heavy atom. The van der Waals surface area contributed by atoms with Gasteiger partial charge >= 0.3 is 5.97 Å². The summed E-state index contributed by atoms with van der Waals surface area (Å²) in [6.07, 6.45) is 1.51. The molecule has 0 spiro atoms. The van der Waals surface area contributed by atoms with Crippen LogP contribution in [-0.4, -0.2) is 32.2 Å². The van der Waals surface area contributed by atoms with Gasteiger partial charge in [0.15, 0.2) is 5.75 Å². The highest BCUT2D eigenvalue weighted by molar-refractivity contribution is 14.1. The van der Waals surface area contributed by atoms with Crippen LogP contribution in [0.2, 0.25) is 0 Å². The molecule has 16 heavy (non-hydrogen) atoms. The van der Waals surface area contributed by atoms with E-state index >= 15 is 0 Å². The molecule has 0 unspecified atom stereocenters. The summed E-state index contributed by atoms with van der Waals surface area (Å²) in [5.74, 6) is -1.38. The Morgan fingerprint density at radius 1 is 1.56 bits per heavy atom. The molecule has 0 saturated carbocycles. The molecule has 1 aromatic rings. The summed E-state index contributed by atoms with van der Waals surface area (Å²) in [6.45, 7) is 0. The molecule has 1 N–H and O–H groups in total. The van der Waals surface area contributed by atoms with Gasteiger partial charge in [-0.25, -0.2) is 13.4 Å². The normalized spacial score (nSPS) is 10.9. The quantitative estimate of drug-likeness (QED) is 0.631. The van der Waals surface area contributed by atoms with Crippen LogP contribution in [0.5, 0.6) is 0 Å². The molecule has 0 saturated heterocycles. The number of pyridine rings is 1. The zero-order chi connectivity index (χ0) is 12.2. The first-order valence-electron chi connectivity index (χ1n) is 4.12. The molecule has 1 rings (SSSR count). The van der Waals surface area contributed by atoms with Gasteiger partial charge < -0.3 is 4.74 Å². The van der Waals surface area contributed by atoms with E-state index in [1.807, 2.05) is 22.6 Å². The first-order chi connectivity index (χ1) is 7.43. The lowest BCUT2D eigenvalue weighted by Crippen LogP contribution is -2.24. The minimum atomic E-state index is -3.75. The number of halogens is 1. The number of esters is 1. The van der Waals surface area contributed by atoms with E-state index in [0.29, 0.717) is 0 Å². The predicted molar refractivity (Wildman–Crippen MR) is 66.4 cm³/mol. The third-order valence-electron chi connectivity index (χ3n) is 1.52. The average molecular weight is 356 g/mol. The van der Waals surface area contributed by atoms with E-state index in [4.69, 9.17) is 0 Å². The van der Waals surface area contributed by atoms with E-state index in [1.54, 1.807) is 6.07 Å². The molecule has 0 atom stereocenters. The van der Waals surface area contributed by atoms with Crippen molar-refractivity contribution in [2.45, 2.75) is 0 Å². The highest BCUT2D eigenvalue weighted by atomic mass is 127. The van der Waals surface area contributed by atoms with Crippen molar-refractivity contribution in [3.63, 3.8) is 0 Å². The number of carbonyl (C=O) groups is 1. The standard InChI is InChI=1S/C8H9IN2O4S/c1-15-8(12)5-16(13,14)11-7-3-2-6(9)4-10-7/h2-4H,5H2,1H3,(H,10,11). The van der Waals surface area contributed by atoms with Crippen molar-refractivity contribution in [3.8, 4) is 0 Å². The van der Waals surface area contributed by atoms with Crippen molar-refractivity contribution in [1.82, 2.24) is 4.98 Å². The summed E-state index contributed by atoms with van der Waals surface area (Å²) in [6, 6.07) is 3.21. The second-order valence-corrected chi connectivity index (χ2v) is 5.77. The number of nitrogens with one attached hydrogen (secondary N) is 1. The predicted octanol–water partition coefficient (Wildman–Crippen LogP) is 0.601. The molecule has 1 heterocycles. The maximum Gasteiger partial charge on any atom is 0.322 e. The number of carbonyl (C=O) groups excluding carboxylic acids is 1. The van der Waals surface area contributed by atoms with Gasteiger partial charge in [-0.15, -0.1) is 0 Å². The first kappa shape index (κ1) is 13.2. The molecule has 0 fully saturated rings. The lowest BCUT2D eigenvalue weighted by Gasteiger charge is -2.05. The highest BCUT2D eigenvalue weighted by Gasteiger charge is 2.17. The Morgan fingerprint density at radius 3 is 2.75 bits per heavy atom. The van der Waals surface area contributed by atoms with Gasteiger partial charge in [-0.1, -0.05) is 0 Å². The molecular weight excluding hydrogens is 347 g/mol. The van der Waals surface area contributed by atoms with Crippen molar-refractivity contribution < 1.29 is 17.9 Å². The Bertz CT molecular complexity index is 471. The van der Waals surface area contributed by atoms with Gasteiger partial charge in [0.2, 0.25) is 10.0 Å². The Hall–Kier alpha value is -0.900. The second kappa shape index (κ2) is 5.43. The van der Waals surface area contributed by atoms with E-state index < -0.39 is 21.7 Å². The molecule has 88 valence electrons. The van der Waals surface area contributed by atoms with Crippen LogP contribution < -0.4 is 4.72 Å². The fourth-order valence-electron chi connectivity index (χ4n) is 0.846. The average Bonchev–Trinajstić information content (AvgIpc) is 2.20. The Balaban J connectivity index is 2.73. The van der Waals surface area contributed by atoms with E-state index in [0.717, 1.165) is 10.7 Å². The maximum absolute atomic E-state index is 11.4. The zero-order valence-corrected chi connectivity index (χ0v) is 11.3. The summed E-state index contributed by atoms with van der Waals surface area (Å²) < 4.78 is 30.1. The van der Waals surface area contributed by atoms with Gasteiger partial charge in [0.25, 0.3) is 0 Å². The number of hydrogen-bond donors (Lipinski definition) is 1. The summed E-state index contributed by atoms with van der Waals surface area (Å²) >= 11 is 2.05. The third-order valence-corrected chi connectivity index (χ3v) is 3.30. The van der Waals surface area contributed by atoms with Crippen LogP contribution in [0.15, 0.2) is 18.3 Å². The number of anilines is 1. The van der Waals surface area contributed by atoms with Crippen molar-refractivity contribution >= 4 is 44.4 Å².